The summed E-state index contributed by atoms with van der Waals surface area (Å²) in [4.78, 5) is 26.7. The minimum Gasteiger partial charge on any atom is -0.355 e. The van der Waals surface area contributed by atoms with E-state index in [1.54, 1.807) is 6.07 Å². The highest BCUT2D eigenvalue weighted by molar-refractivity contribution is 5.94. The molecule has 3 rings (SSSR count). The van der Waals surface area contributed by atoms with Crippen molar-refractivity contribution in [3.63, 3.8) is 0 Å². The zero-order valence-electron chi connectivity index (χ0n) is 19.0. The van der Waals surface area contributed by atoms with Gasteiger partial charge in [0.15, 0.2) is 0 Å². The van der Waals surface area contributed by atoms with Crippen molar-refractivity contribution in [2.24, 2.45) is 5.92 Å². The number of likely N-dealkylation sites (N-methyl/N-ethyl adjacent to an activating group) is 1. The Bertz CT molecular complexity index is 961. The summed E-state index contributed by atoms with van der Waals surface area (Å²) < 4.78 is 14.4. The van der Waals surface area contributed by atoms with Gasteiger partial charge in [-0.05, 0) is 62.7 Å². The van der Waals surface area contributed by atoms with Crippen LogP contribution < -0.4 is 10.6 Å². The number of halogens is 1. The van der Waals surface area contributed by atoms with Crippen LogP contribution in [-0.2, 0) is 16.6 Å². The third-order valence-electron chi connectivity index (χ3n) is 6.58. The molecular formula is C25H32FN3O2. The molecule has 0 aliphatic heterocycles. The van der Waals surface area contributed by atoms with E-state index >= 15 is 0 Å². The Kier molecular flexibility index (Phi) is 6.80. The Hall–Kier alpha value is -2.73. The van der Waals surface area contributed by atoms with Gasteiger partial charge in [-0.1, -0.05) is 37.3 Å². The summed E-state index contributed by atoms with van der Waals surface area (Å²) >= 11 is 0. The van der Waals surface area contributed by atoms with Crippen molar-refractivity contribution in [1.29, 1.82) is 0 Å². The van der Waals surface area contributed by atoms with Crippen molar-refractivity contribution in [2.75, 3.05) is 27.7 Å². The highest BCUT2D eigenvalue weighted by Gasteiger charge is 2.55. The predicted octanol–water partition coefficient (Wildman–Crippen LogP) is 3.06. The summed E-state index contributed by atoms with van der Waals surface area (Å²) in [6, 6.07) is 13.2. The second-order valence-electron chi connectivity index (χ2n) is 8.94. The zero-order chi connectivity index (χ0) is 22.8. The van der Waals surface area contributed by atoms with Crippen molar-refractivity contribution in [3.8, 4) is 0 Å². The maximum atomic E-state index is 14.4. The summed E-state index contributed by atoms with van der Waals surface area (Å²) in [6.07, 6.45) is 1.42. The number of benzene rings is 2. The molecule has 1 unspecified atom stereocenters. The molecule has 1 fully saturated rings. The number of hydrogen-bond donors (Lipinski definition) is 2. The van der Waals surface area contributed by atoms with Gasteiger partial charge in [-0.15, -0.1) is 0 Å². The van der Waals surface area contributed by atoms with Gasteiger partial charge >= 0.3 is 0 Å². The van der Waals surface area contributed by atoms with E-state index in [9.17, 15) is 14.0 Å². The molecule has 2 aromatic rings. The van der Waals surface area contributed by atoms with Crippen LogP contribution in [-0.4, -0.2) is 50.4 Å². The third kappa shape index (κ3) is 4.96. The maximum Gasteiger partial charge on any atom is 0.254 e. The molecule has 5 nitrogen and oxygen atoms in total. The quantitative estimate of drug-likeness (QED) is 0.683. The Morgan fingerprint density at radius 1 is 1.23 bits per heavy atom. The van der Waals surface area contributed by atoms with Crippen LogP contribution in [0.5, 0.6) is 0 Å². The molecule has 1 aliphatic rings. The summed E-state index contributed by atoms with van der Waals surface area (Å²) in [6.45, 7) is 4.49. The number of aryl methyl sites for hydroxylation is 1. The van der Waals surface area contributed by atoms with Crippen molar-refractivity contribution < 1.29 is 14.0 Å². The minimum atomic E-state index is -0.530. The van der Waals surface area contributed by atoms with Gasteiger partial charge in [0.1, 0.15) is 5.82 Å². The monoisotopic (exact) mass is 425 g/mol. The van der Waals surface area contributed by atoms with Gasteiger partial charge in [-0.2, -0.15) is 0 Å². The second kappa shape index (κ2) is 9.18. The normalized spacial score (nSPS) is 20.9. The lowest BCUT2D eigenvalue weighted by molar-refractivity contribution is -0.122. The Balaban J connectivity index is 1.64. The molecular weight excluding hydrogens is 393 g/mol. The average Bonchev–Trinajstić information content (AvgIpc) is 3.45. The van der Waals surface area contributed by atoms with Crippen molar-refractivity contribution in [1.82, 2.24) is 15.5 Å². The summed E-state index contributed by atoms with van der Waals surface area (Å²) in [7, 11) is 5.39. The molecule has 0 saturated heterocycles. The summed E-state index contributed by atoms with van der Waals surface area (Å²) in [5.74, 6) is -0.924. The zero-order valence-corrected chi connectivity index (χ0v) is 19.0. The number of rotatable bonds is 8. The minimum absolute atomic E-state index is 0.00892. The van der Waals surface area contributed by atoms with E-state index < -0.39 is 11.7 Å². The van der Waals surface area contributed by atoms with Crippen LogP contribution in [0, 0.1) is 18.7 Å². The molecule has 0 bridgehead atoms. The van der Waals surface area contributed by atoms with Crippen LogP contribution in [0.2, 0.25) is 0 Å². The Morgan fingerprint density at radius 3 is 2.52 bits per heavy atom. The van der Waals surface area contributed by atoms with Crippen molar-refractivity contribution in [2.45, 2.75) is 38.1 Å². The fourth-order valence-corrected chi connectivity index (χ4v) is 4.17. The summed E-state index contributed by atoms with van der Waals surface area (Å²) in [5, 5.41) is 5.57. The van der Waals surface area contributed by atoms with E-state index in [0.29, 0.717) is 13.0 Å². The van der Waals surface area contributed by atoms with E-state index in [1.165, 1.54) is 18.7 Å². The molecule has 1 aliphatic carbocycles. The first-order valence-corrected chi connectivity index (χ1v) is 10.7. The van der Waals surface area contributed by atoms with Gasteiger partial charge in [0.2, 0.25) is 5.91 Å². The van der Waals surface area contributed by atoms with Gasteiger partial charge in [0, 0.05) is 31.0 Å². The summed E-state index contributed by atoms with van der Waals surface area (Å²) in [5.41, 5.74) is 2.83. The highest BCUT2D eigenvalue weighted by Crippen LogP contribution is 2.53. The Labute approximate surface area is 184 Å². The van der Waals surface area contributed by atoms with E-state index in [4.69, 9.17) is 0 Å². The second-order valence-corrected chi connectivity index (χ2v) is 8.94. The standard InChI is InChI=1S/C25H32FN3O2/c1-16-11-20(23(30)27-3)22(26)13-17(16)12-19(29(4)5)15-28-24(31)21-14-25(21,2)18-9-7-6-8-10-18/h6-11,13,19,21H,12,14-15H2,1-5H3,(H,27,30)(H,28,31)/t19?,21-,25-/m0/s1. The molecule has 2 aromatic carbocycles. The number of amides is 2. The van der Waals surface area contributed by atoms with Crippen LogP contribution in [0.3, 0.4) is 0 Å². The average molecular weight is 426 g/mol. The number of carbonyl (C=O) groups is 2. The first-order chi connectivity index (χ1) is 14.7. The van der Waals surface area contributed by atoms with E-state index in [1.807, 2.05) is 44.1 Å². The van der Waals surface area contributed by atoms with Gasteiger partial charge in [-0.25, -0.2) is 4.39 Å². The molecule has 2 amide bonds. The van der Waals surface area contributed by atoms with Gasteiger partial charge in [-0.3, -0.25) is 9.59 Å². The molecule has 1 saturated carbocycles. The van der Waals surface area contributed by atoms with Crippen LogP contribution in [0.4, 0.5) is 4.39 Å². The molecule has 2 N–H and O–H groups in total. The largest absolute Gasteiger partial charge is 0.355 e. The number of carbonyl (C=O) groups excluding carboxylic acids is 2. The SMILES string of the molecule is CNC(=O)c1cc(C)c(CC(CNC(=O)[C@@H]2C[C@@]2(C)c2ccccc2)N(C)C)cc1F. The van der Waals surface area contributed by atoms with E-state index in [2.05, 4.69) is 29.7 Å². The number of hydrogen-bond acceptors (Lipinski definition) is 3. The smallest absolute Gasteiger partial charge is 0.254 e. The number of nitrogens with zero attached hydrogens (tertiary/aromatic N) is 1. The lowest BCUT2D eigenvalue weighted by atomic mass is 9.95. The molecule has 0 spiro atoms. The lowest BCUT2D eigenvalue weighted by Crippen LogP contribution is -2.42. The molecule has 0 radical (unpaired) electrons. The fraction of sp³-hybridized carbons (Fsp3) is 0.440. The molecule has 6 heteroatoms. The molecule has 0 aromatic heterocycles. The van der Waals surface area contributed by atoms with Crippen molar-refractivity contribution in [3.05, 3.63) is 70.5 Å². The van der Waals surface area contributed by atoms with Gasteiger partial charge in [0.05, 0.1) is 5.56 Å². The van der Waals surface area contributed by atoms with Crippen LogP contribution in [0.15, 0.2) is 42.5 Å². The molecule has 31 heavy (non-hydrogen) atoms. The van der Waals surface area contributed by atoms with E-state index in [-0.39, 0.29) is 28.8 Å². The fourth-order valence-electron chi connectivity index (χ4n) is 4.17. The van der Waals surface area contributed by atoms with Crippen molar-refractivity contribution >= 4 is 11.8 Å². The highest BCUT2D eigenvalue weighted by atomic mass is 19.1. The molecule has 166 valence electrons. The lowest BCUT2D eigenvalue weighted by Gasteiger charge is -2.26. The first-order valence-electron chi connectivity index (χ1n) is 10.7. The topological polar surface area (TPSA) is 61.4 Å². The van der Waals surface area contributed by atoms with Gasteiger partial charge < -0.3 is 15.5 Å². The molecule has 3 atom stereocenters. The third-order valence-corrected chi connectivity index (χ3v) is 6.58. The predicted molar refractivity (Wildman–Crippen MR) is 121 cm³/mol. The van der Waals surface area contributed by atoms with Gasteiger partial charge in [0.25, 0.3) is 5.91 Å². The first kappa shape index (κ1) is 22.9. The van der Waals surface area contributed by atoms with Crippen LogP contribution in [0.25, 0.3) is 0 Å². The maximum absolute atomic E-state index is 14.4. The van der Waals surface area contributed by atoms with Crippen LogP contribution in [0.1, 0.15) is 40.4 Å². The Morgan fingerprint density at radius 2 is 1.90 bits per heavy atom. The van der Waals surface area contributed by atoms with E-state index in [0.717, 1.165) is 17.5 Å². The molecule has 0 heterocycles. The number of nitrogens with one attached hydrogen (secondary N) is 2. The van der Waals surface area contributed by atoms with Crippen LogP contribution >= 0.6 is 0 Å².